The summed E-state index contributed by atoms with van der Waals surface area (Å²) in [6.45, 7) is 5.43. The van der Waals surface area contributed by atoms with Crippen LogP contribution < -0.4 is 0 Å². The zero-order chi connectivity index (χ0) is 20.5. The number of carbonyl (C=O) groups is 2. The van der Waals surface area contributed by atoms with Crippen molar-refractivity contribution in [3.63, 3.8) is 0 Å². The summed E-state index contributed by atoms with van der Waals surface area (Å²) in [6.07, 6.45) is 4.05. The van der Waals surface area contributed by atoms with Crippen molar-refractivity contribution in [1.29, 1.82) is 0 Å². The highest BCUT2D eigenvalue weighted by Crippen LogP contribution is 2.32. The number of aryl methyl sites for hydroxylation is 2. The molecule has 0 spiro atoms. The highest BCUT2D eigenvalue weighted by atomic mass is 19.1. The van der Waals surface area contributed by atoms with E-state index < -0.39 is 0 Å². The first-order valence-corrected chi connectivity index (χ1v) is 10.1. The lowest BCUT2D eigenvalue weighted by Crippen LogP contribution is -2.56. The van der Waals surface area contributed by atoms with Crippen LogP contribution in [0.2, 0.25) is 0 Å². The first-order valence-electron chi connectivity index (χ1n) is 10.1. The molecule has 0 N–H and O–H groups in total. The fraction of sp³-hybridized carbons (Fsp3) is 0.455. The summed E-state index contributed by atoms with van der Waals surface area (Å²) in [7, 11) is 0. The van der Waals surface area contributed by atoms with Crippen LogP contribution in [0.3, 0.4) is 0 Å². The van der Waals surface area contributed by atoms with E-state index in [2.05, 4.69) is 9.97 Å². The molecule has 29 heavy (non-hydrogen) atoms. The van der Waals surface area contributed by atoms with Crippen LogP contribution in [0.5, 0.6) is 0 Å². The maximum absolute atomic E-state index is 13.6. The average Bonchev–Trinajstić information content (AvgIpc) is 2.73. The van der Waals surface area contributed by atoms with Crippen molar-refractivity contribution in [1.82, 2.24) is 19.8 Å². The lowest BCUT2D eigenvalue weighted by Gasteiger charge is -2.47. The highest BCUT2D eigenvalue weighted by molar-refractivity contribution is 5.95. The van der Waals surface area contributed by atoms with Gasteiger partial charge in [0.05, 0.1) is 0 Å². The predicted molar refractivity (Wildman–Crippen MR) is 106 cm³/mol. The SMILES string of the molecule is Cc1cc(C(=O)N2CCC3C(CCCN3C(=O)c3ccc(F)c(C)c3)C2)ncn1. The molecule has 6 nitrogen and oxygen atoms in total. The molecule has 2 amide bonds. The number of amides is 2. The Morgan fingerprint density at radius 1 is 1.07 bits per heavy atom. The van der Waals surface area contributed by atoms with Crippen LogP contribution in [0, 0.1) is 25.6 Å². The van der Waals surface area contributed by atoms with Gasteiger partial charge in [0.2, 0.25) is 0 Å². The van der Waals surface area contributed by atoms with E-state index in [4.69, 9.17) is 0 Å². The second-order valence-corrected chi connectivity index (χ2v) is 8.02. The summed E-state index contributed by atoms with van der Waals surface area (Å²) in [5.41, 5.74) is 2.19. The van der Waals surface area contributed by atoms with Crippen LogP contribution in [-0.2, 0) is 0 Å². The molecule has 0 bridgehead atoms. The smallest absolute Gasteiger partial charge is 0.272 e. The van der Waals surface area contributed by atoms with Gasteiger partial charge in [-0.3, -0.25) is 9.59 Å². The summed E-state index contributed by atoms with van der Waals surface area (Å²) in [4.78, 5) is 37.9. The van der Waals surface area contributed by atoms with Gasteiger partial charge in [0.15, 0.2) is 0 Å². The van der Waals surface area contributed by atoms with E-state index in [1.807, 2.05) is 16.7 Å². The quantitative estimate of drug-likeness (QED) is 0.783. The molecular weight excluding hydrogens is 371 g/mol. The van der Waals surface area contributed by atoms with Gasteiger partial charge in [-0.05, 0) is 68.9 Å². The molecule has 2 aliphatic rings. The van der Waals surface area contributed by atoms with Crippen molar-refractivity contribution in [3.05, 3.63) is 58.9 Å². The zero-order valence-electron chi connectivity index (χ0n) is 16.8. The minimum absolute atomic E-state index is 0.0472. The maximum atomic E-state index is 13.6. The summed E-state index contributed by atoms with van der Waals surface area (Å²) >= 11 is 0. The third-order valence-corrected chi connectivity index (χ3v) is 6.04. The molecule has 0 radical (unpaired) electrons. The van der Waals surface area contributed by atoms with Crippen LogP contribution in [0.1, 0.15) is 51.4 Å². The number of carbonyl (C=O) groups excluding carboxylic acids is 2. The third kappa shape index (κ3) is 3.86. The Hall–Kier alpha value is -2.83. The number of rotatable bonds is 2. The topological polar surface area (TPSA) is 66.4 Å². The summed E-state index contributed by atoms with van der Waals surface area (Å²) in [5.74, 6) is -0.180. The molecule has 1 aromatic heterocycles. The van der Waals surface area contributed by atoms with Crippen molar-refractivity contribution in [2.75, 3.05) is 19.6 Å². The van der Waals surface area contributed by atoms with Crippen LogP contribution >= 0.6 is 0 Å². The largest absolute Gasteiger partial charge is 0.337 e. The van der Waals surface area contributed by atoms with E-state index in [-0.39, 0.29) is 29.6 Å². The van der Waals surface area contributed by atoms with E-state index in [0.717, 1.165) is 25.0 Å². The molecule has 0 aliphatic carbocycles. The average molecular weight is 396 g/mol. The number of benzene rings is 1. The number of likely N-dealkylation sites (tertiary alicyclic amines) is 2. The normalized spacial score (nSPS) is 21.6. The maximum Gasteiger partial charge on any atom is 0.272 e. The number of fused-ring (bicyclic) bond motifs is 1. The van der Waals surface area contributed by atoms with Gasteiger partial charge in [-0.1, -0.05) is 0 Å². The Bertz CT molecular complexity index is 948. The highest BCUT2D eigenvalue weighted by Gasteiger charge is 2.39. The summed E-state index contributed by atoms with van der Waals surface area (Å²) < 4.78 is 13.6. The second kappa shape index (κ2) is 7.89. The van der Waals surface area contributed by atoms with Crippen molar-refractivity contribution < 1.29 is 14.0 Å². The van der Waals surface area contributed by atoms with Gasteiger partial charge >= 0.3 is 0 Å². The molecule has 2 atom stereocenters. The fourth-order valence-corrected chi connectivity index (χ4v) is 4.52. The van der Waals surface area contributed by atoms with Crippen LogP contribution in [-0.4, -0.2) is 57.3 Å². The number of hydrogen-bond donors (Lipinski definition) is 0. The van der Waals surface area contributed by atoms with Gasteiger partial charge in [0, 0.05) is 36.9 Å². The Labute approximate surface area is 169 Å². The number of halogens is 1. The number of aromatic nitrogens is 2. The molecular formula is C22H25FN4O2. The Morgan fingerprint density at radius 2 is 1.90 bits per heavy atom. The van der Waals surface area contributed by atoms with Gasteiger partial charge in [0.25, 0.3) is 11.8 Å². The van der Waals surface area contributed by atoms with Crippen molar-refractivity contribution >= 4 is 11.8 Å². The van der Waals surface area contributed by atoms with Gasteiger partial charge in [0.1, 0.15) is 17.8 Å². The Balaban J connectivity index is 1.48. The molecule has 0 saturated carbocycles. The standard InChI is InChI=1S/C22H25FN4O2/c1-14-10-16(5-6-18(14)23)21(28)27-8-3-4-17-12-26(9-7-20(17)27)22(29)19-11-15(2)24-13-25-19/h5-6,10-11,13,17,20H,3-4,7-9,12H2,1-2H3. The van der Waals surface area contributed by atoms with E-state index >= 15 is 0 Å². The molecule has 152 valence electrons. The van der Waals surface area contributed by atoms with Crippen LogP contribution in [0.15, 0.2) is 30.6 Å². The van der Waals surface area contributed by atoms with Gasteiger partial charge in [-0.25, -0.2) is 14.4 Å². The minimum Gasteiger partial charge on any atom is -0.337 e. The summed E-state index contributed by atoms with van der Waals surface area (Å²) in [5, 5.41) is 0. The number of nitrogens with zero attached hydrogens (tertiary/aromatic N) is 4. The van der Waals surface area contributed by atoms with Gasteiger partial charge in [-0.15, -0.1) is 0 Å². The molecule has 1 aromatic carbocycles. The van der Waals surface area contributed by atoms with Gasteiger partial charge in [-0.2, -0.15) is 0 Å². The molecule has 2 unspecified atom stereocenters. The molecule has 7 heteroatoms. The van der Waals surface area contributed by atoms with Crippen molar-refractivity contribution in [3.8, 4) is 0 Å². The van der Waals surface area contributed by atoms with Crippen LogP contribution in [0.4, 0.5) is 4.39 Å². The van der Waals surface area contributed by atoms with Crippen molar-refractivity contribution in [2.45, 2.75) is 39.2 Å². The monoisotopic (exact) mass is 396 g/mol. The first-order chi connectivity index (χ1) is 13.9. The summed E-state index contributed by atoms with van der Waals surface area (Å²) in [6, 6.07) is 6.36. The number of hydrogen-bond acceptors (Lipinski definition) is 4. The molecule has 2 fully saturated rings. The lowest BCUT2D eigenvalue weighted by molar-refractivity contribution is 0.0195. The molecule has 2 aromatic rings. The Kier molecular flexibility index (Phi) is 5.30. The van der Waals surface area contributed by atoms with E-state index in [1.165, 1.54) is 12.4 Å². The predicted octanol–water partition coefficient (Wildman–Crippen LogP) is 3.00. The second-order valence-electron chi connectivity index (χ2n) is 8.02. The molecule has 3 heterocycles. The van der Waals surface area contributed by atoms with E-state index in [0.29, 0.717) is 36.5 Å². The third-order valence-electron chi connectivity index (χ3n) is 6.04. The van der Waals surface area contributed by atoms with E-state index in [9.17, 15) is 14.0 Å². The lowest BCUT2D eigenvalue weighted by atomic mass is 9.83. The van der Waals surface area contributed by atoms with E-state index in [1.54, 1.807) is 25.1 Å². The molecule has 4 rings (SSSR count). The fourth-order valence-electron chi connectivity index (χ4n) is 4.52. The van der Waals surface area contributed by atoms with Crippen LogP contribution in [0.25, 0.3) is 0 Å². The first kappa shape index (κ1) is 19.5. The van der Waals surface area contributed by atoms with Gasteiger partial charge < -0.3 is 9.80 Å². The molecule has 2 aliphatic heterocycles. The Morgan fingerprint density at radius 3 is 2.66 bits per heavy atom. The molecule has 2 saturated heterocycles. The number of piperidine rings is 2. The van der Waals surface area contributed by atoms with Crippen molar-refractivity contribution in [2.24, 2.45) is 5.92 Å². The zero-order valence-corrected chi connectivity index (χ0v) is 16.8. The minimum atomic E-state index is -0.301.